The standard InChI is InChI=1S/C20H29N3OS/c1-2-3-4-7-12-21-19(24)15-23-13-8-9-16(14-23)20-22-17-10-5-6-11-18(17)25-20/h5-6,10-11,16H,2-4,7-9,12-15H2,1H3,(H,21,24)/p+1/t16-/m0/s1. The van der Waals surface area contributed by atoms with Gasteiger partial charge in [0.15, 0.2) is 6.54 Å². The highest BCUT2D eigenvalue weighted by atomic mass is 32.1. The summed E-state index contributed by atoms with van der Waals surface area (Å²) >= 11 is 1.82. The van der Waals surface area contributed by atoms with Gasteiger partial charge >= 0.3 is 0 Å². The van der Waals surface area contributed by atoms with Gasteiger partial charge in [-0.25, -0.2) is 4.98 Å². The summed E-state index contributed by atoms with van der Waals surface area (Å²) in [5, 5.41) is 4.34. The number of para-hydroxylation sites is 1. The maximum absolute atomic E-state index is 12.2. The van der Waals surface area contributed by atoms with E-state index in [2.05, 4.69) is 36.5 Å². The van der Waals surface area contributed by atoms with Crippen molar-refractivity contribution in [3.63, 3.8) is 0 Å². The lowest BCUT2D eigenvalue weighted by Gasteiger charge is -2.28. The number of benzene rings is 1. The molecule has 4 nitrogen and oxygen atoms in total. The molecule has 1 aliphatic rings. The van der Waals surface area contributed by atoms with Crippen molar-refractivity contribution in [1.29, 1.82) is 0 Å². The molecule has 0 spiro atoms. The van der Waals surface area contributed by atoms with E-state index in [1.807, 2.05) is 11.3 Å². The molecule has 1 aliphatic heterocycles. The summed E-state index contributed by atoms with van der Waals surface area (Å²) in [7, 11) is 0. The number of piperidine rings is 1. The molecular weight excluding hydrogens is 330 g/mol. The fourth-order valence-electron chi connectivity index (χ4n) is 3.66. The highest BCUT2D eigenvalue weighted by molar-refractivity contribution is 7.18. The van der Waals surface area contributed by atoms with E-state index in [4.69, 9.17) is 4.98 Å². The number of quaternary nitrogens is 1. The van der Waals surface area contributed by atoms with Crippen LogP contribution in [0.2, 0.25) is 0 Å². The van der Waals surface area contributed by atoms with Crippen molar-refractivity contribution in [1.82, 2.24) is 10.3 Å². The van der Waals surface area contributed by atoms with Crippen molar-refractivity contribution in [3.05, 3.63) is 29.3 Å². The minimum Gasteiger partial charge on any atom is -0.351 e. The predicted octanol–water partition coefficient (Wildman–Crippen LogP) is 2.76. The Kier molecular flexibility index (Phi) is 6.82. The molecule has 1 amide bonds. The number of nitrogens with one attached hydrogen (secondary N) is 2. The van der Waals surface area contributed by atoms with Crippen LogP contribution in [-0.2, 0) is 4.79 Å². The van der Waals surface area contributed by atoms with Gasteiger partial charge in [-0.1, -0.05) is 38.3 Å². The average Bonchev–Trinajstić information content (AvgIpc) is 3.06. The molecule has 0 bridgehead atoms. The number of carbonyl (C=O) groups is 1. The Morgan fingerprint density at radius 3 is 3.04 bits per heavy atom. The van der Waals surface area contributed by atoms with E-state index in [1.54, 1.807) is 0 Å². The molecule has 25 heavy (non-hydrogen) atoms. The van der Waals surface area contributed by atoms with Gasteiger partial charge < -0.3 is 10.2 Å². The van der Waals surface area contributed by atoms with E-state index in [-0.39, 0.29) is 5.91 Å². The van der Waals surface area contributed by atoms with Gasteiger partial charge in [-0.2, -0.15) is 0 Å². The summed E-state index contributed by atoms with van der Waals surface area (Å²) in [6.07, 6.45) is 7.19. The van der Waals surface area contributed by atoms with Gasteiger partial charge in [0.1, 0.15) is 5.01 Å². The molecule has 1 saturated heterocycles. The van der Waals surface area contributed by atoms with Gasteiger partial charge in [0, 0.05) is 6.54 Å². The van der Waals surface area contributed by atoms with Gasteiger partial charge in [-0.05, 0) is 31.4 Å². The van der Waals surface area contributed by atoms with Crippen LogP contribution >= 0.6 is 11.3 Å². The molecule has 2 aromatic rings. The Bertz CT molecular complexity index is 651. The van der Waals surface area contributed by atoms with Crippen LogP contribution in [0, 0.1) is 0 Å². The minimum absolute atomic E-state index is 0.205. The van der Waals surface area contributed by atoms with Crippen LogP contribution in [0.4, 0.5) is 0 Å². The van der Waals surface area contributed by atoms with Crippen LogP contribution in [0.1, 0.15) is 56.4 Å². The van der Waals surface area contributed by atoms with Crippen molar-refractivity contribution >= 4 is 27.5 Å². The summed E-state index contributed by atoms with van der Waals surface area (Å²) < 4.78 is 1.27. The first kappa shape index (κ1) is 18.3. The highest BCUT2D eigenvalue weighted by Gasteiger charge is 2.28. The summed E-state index contributed by atoms with van der Waals surface area (Å²) in [5.41, 5.74) is 1.11. The van der Waals surface area contributed by atoms with E-state index >= 15 is 0 Å². The molecular formula is C20H30N3OS+. The number of aromatic nitrogens is 1. The zero-order chi connectivity index (χ0) is 17.5. The third-order valence-corrected chi connectivity index (χ3v) is 6.24. The van der Waals surface area contributed by atoms with Gasteiger partial charge in [0.2, 0.25) is 0 Å². The molecule has 1 unspecified atom stereocenters. The first-order valence-corrected chi connectivity index (χ1v) is 10.5. The Labute approximate surface area is 154 Å². The molecule has 1 aromatic carbocycles. The Morgan fingerprint density at radius 1 is 1.32 bits per heavy atom. The molecule has 0 radical (unpaired) electrons. The number of nitrogens with zero attached hydrogens (tertiary/aromatic N) is 1. The van der Waals surface area contributed by atoms with Crippen molar-refractivity contribution in [2.75, 3.05) is 26.2 Å². The number of carbonyl (C=O) groups excluding carboxylic acids is 1. The van der Waals surface area contributed by atoms with Crippen LogP contribution in [0.5, 0.6) is 0 Å². The number of likely N-dealkylation sites (tertiary alicyclic amines) is 1. The van der Waals surface area contributed by atoms with Gasteiger partial charge in [0.25, 0.3) is 5.91 Å². The van der Waals surface area contributed by atoms with Crippen LogP contribution in [-0.4, -0.2) is 37.1 Å². The maximum atomic E-state index is 12.2. The van der Waals surface area contributed by atoms with Crippen molar-refractivity contribution in [3.8, 4) is 0 Å². The number of hydrogen-bond acceptors (Lipinski definition) is 3. The molecule has 1 aromatic heterocycles. The Balaban J connectivity index is 1.48. The molecule has 2 heterocycles. The van der Waals surface area contributed by atoms with Gasteiger partial charge in [-0.15, -0.1) is 11.3 Å². The Hall–Kier alpha value is -1.46. The summed E-state index contributed by atoms with van der Waals surface area (Å²) in [6, 6.07) is 8.37. The number of thiazole rings is 1. The summed E-state index contributed by atoms with van der Waals surface area (Å²) in [5.74, 6) is 0.704. The topological polar surface area (TPSA) is 46.4 Å². The Morgan fingerprint density at radius 2 is 2.20 bits per heavy atom. The highest BCUT2D eigenvalue weighted by Crippen LogP contribution is 2.30. The van der Waals surface area contributed by atoms with E-state index in [9.17, 15) is 4.79 Å². The lowest BCUT2D eigenvalue weighted by molar-refractivity contribution is -0.898. The second-order valence-corrected chi connectivity index (χ2v) is 8.21. The normalized spacial score (nSPS) is 20.7. The minimum atomic E-state index is 0.205. The third-order valence-electron chi connectivity index (χ3n) is 5.04. The van der Waals surface area contributed by atoms with E-state index < -0.39 is 0 Å². The maximum Gasteiger partial charge on any atom is 0.275 e. The fraction of sp³-hybridized carbons (Fsp3) is 0.600. The summed E-state index contributed by atoms with van der Waals surface area (Å²) in [4.78, 5) is 18.4. The molecule has 0 saturated carbocycles. The largest absolute Gasteiger partial charge is 0.351 e. The van der Waals surface area contributed by atoms with Crippen LogP contribution in [0.25, 0.3) is 10.2 Å². The molecule has 5 heteroatoms. The molecule has 136 valence electrons. The predicted molar refractivity (Wildman–Crippen MR) is 104 cm³/mol. The fourth-order valence-corrected chi connectivity index (χ4v) is 4.76. The number of fused-ring (bicyclic) bond motifs is 1. The zero-order valence-electron chi connectivity index (χ0n) is 15.2. The molecule has 2 N–H and O–H groups in total. The van der Waals surface area contributed by atoms with E-state index in [0.29, 0.717) is 12.5 Å². The molecule has 3 rings (SSSR count). The number of unbranched alkanes of at least 4 members (excludes halogenated alkanes) is 3. The second kappa shape index (κ2) is 9.30. The van der Waals surface area contributed by atoms with Crippen LogP contribution in [0.15, 0.2) is 24.3 Å². The van der Waals surface area contributed by atoms with Crippen LogP contribution < -0.4 is 10.2 Å². The van der Waals surface area contributed by atoms with Gasteiger partial charge in [0.05, 0.1) is 29.2 Å². The number of hydrogen-bond donors (Lipinski definition) is 2. The van der Waals surface area contributed by atoms with Gasteiger partial charge in [-0.3, -0.25) is 4.79 Å². The number of rotatable bonds is 8. The zero-order valence-corrected chi connectivity index (χ0v) is 16.0. The molecule has 0 aliphatic carbocycles. The average molecular weight is 361 g/mol. The SMILES string of the molecule is CCCCCCNC(=O)C[NH+]1CCC[C@H](c2nc3ccccc3s2)C1. The molecule has 2 atom stereocenters. The third kappa shape index (κ3) is 5.25. The molecule has 1 fully saturated rings. The van der Waals surface area contributed by atoms with Crippen LogP contribution in [0.3, 0.4) is 0 Å². The smallest absolute Gasteiger partial charge is 0.275 e. The van der Waals surface area contributed by atoms with E-state index in [0.717, 1.165) is 31.6 Å². The van der Waals surface area contributed by atoms with Crippen molar-refractivity contribution in [2.45, 2.75) is 51.4 Å². The van der Waals surface area contributed by atoms with Crippen molar-refractivity contribution < 1.29 is 9.69 Å². The lowest BCUT2D eigenvalue weighted by Crippen LogP contribution is -3.14. The van der Waals surface area contributed by atoms with Crippen molar-refractivity contribution in [2.24, 2.45) is 0 Å². The summed E-state index contributed by atoms with van der Waals surface area (Å²) in [6.45, 7) is 5.77. The number of amides is 1. The first-order valence-electron chi connectivity index (χ1n) is 9.72. The second-order valence-electron chi connectivity index (χ2n) is 7.15. The monoisotopic (exact) mass is 360 g/mol. The van der Waals surface area contributed by atoms with E-state index in [1.165, 1.54) is 46.7 Å². The first-order chi connectivity index (χ1) is 12.3. The quantitative estimate of drug-likeness (QED) is 0.711. The lowest BCUT2D eigenvalue weighted by atomic mass is 9.99.